The van der Waals surface area contributed by atoms with Crippen molar-refractivity contribution in [1.29, 1.82) is 0 Å². The summed E-state index contributed by atoms with van der Waals surface area (Å²) in [4.78, 5) is 27.7. The molecular weight excluding hydrogens is 518 g/mol. The van der Waals surface area contributed by atoms with E-state index in [0.29, 0.717) is 30.9 Å². The fraction of sp³-hybridized carbons (Fsp3) is 0.296. The zero-order valence-electron chi connectivity index (χ0n) is 21.9. The molecule has 1 aliphatic heterocycles. The smallest absolute Gasteiger partial charge is 0.267 e. The van der Waals surface area contributed by atoms with Crippen LogP contribution in [0.3, 0.4) is 0 Å². The molecule has 0 radical (unpaired) electrons. The molecule has 0 aliphatic carbocycles. The number of pyridine rings is 1. The Hall–Kier alpha value is -4.32. The van der Waals surface area contributed by atoms with Crippen LogP contribution in [0.15, 0.2) is 66.0 Å². The summed E-state index contributed by atoms with van der Waals surface area (Å²) >= 11 is 0. The van der Waals surface area contributed by atoms with Crippen LogP contribution in [-0.4, -0.2) is 63.2 Å². The van der Waals surface area contributed by atoms with Gasteiger partial charge in [-0.05, 0) is 37.1 Å². The van der Waals surface area contributed by atoms with Crippen molar-refractivity contribution in [3.8, 4) is 17.1 Å². The Morgan fingerprint density at radius 1 is 1.13 bits per heavy atom. The zero-order chi connectivity index (χ0) is 27.6. The Kier molecular flexibility index (Phi) is 7.29. The van der Waals surface area contributed by atoms with Crippen molar-refractivity contribution < 1.29 is 17.9 Å². The number of nitrogens with one attached hydrogen (secondary N) is 1. The van der Waals surface area contributed by atoms with Crippen molar-refractivity contribution in [1.82, 2.24) is 29.6 Å². The van der Waals surface area contributed by atoms with Crippen molar-refractivity contribution in [2.45, 2.75) is 37.7 Å². The number of rotatable bonds is 8. The van der Waals surface area contributed by atoms with E-state index in [-0.39, 0.29) is 35.2 Å². The number of benzene rings is 1. The number of aryl methyl sites for hydroxylation is 3. The molecule has 0 saturated carbocycles. The van der Waals surface area contributed by atoms with Crippen LogP contribution in [-0.2, 0) is 28.3 Å². The lowest BCUT2D eigenvalue weighted by Gasteiger charge is -2.18. The SMILES string of the molecule is Cc1cccc(C)c1-c1cc(OC2CCN(C(=O)Cc3ccccn3)C2)nc(NS(=O)(=O)c2cnn(C)c2)n1. The van der Waals surface area contributed by atoms with Crippen LogP contribution in [0.25, 0.3) is 11.3 Å². The third kappa shape index (κ3) is 6.06. The predicted octanol–water partition coefficient (Wildman–Crippen LogP) is 2.91. The third-order valence-corrected chi connectivity index (χ3v) is 7.78. The lowest BCUT2D eigenvalue weighted by Crippen LogP contribution is -2.32. The van der Waals surface area contributed by atoms with Gasteiger partial charge in [-0.3, -0.25) is 14.5 Å². The molecule has 5 rings (SSSR count). The maximum atomic E-state index is 13.0. The Balaban J connectivity index is 1.40. The van der Waals surface area contributed by atoms with Gasteiger partial charge in [0.15, 0.2) is 0 Å². The number of hydrogen-bond acceptors (Lipinski definition) is 8. The topological polar surface area (TPSA) is 132 Å². The van der Waals surface area contributed by atoms with E-state index in [1.54, 1.807) is 24.2 Å². The highest BCUT2D eigenvalue weighted by atomic mass is 32.2. The predicted molar refractivity (Wildman–Crippen MR) is 145 cm³/mol. The molecule has 1 amide bonds. The lowest BCUT2D eigenvalue weighted by molar-refractivity contribution is -0.129. The molecular formula is C27H29N7O4S. The molecule has 11 nitrogen and oxygen atoms in total. The van der Waals surface area contributed by atoms with Crippen LogP contribution < -0.4 is 9.46 Å². The highest BCUT2D eigenvalue weighted by Gasteiger charge is 2.29. The van der Waals surface area contributed by atoms with Gasteiger partial charge in [0.25, 0.3) is 10.0 Å². The van der Waals surface area contributed by atoms with E-state index in [1.807, 2.05) is 50.2 Å². The van der Waals surface area contributed by atoms with Gasteiger partial charge in [-0.15, -0.1) is 0 Å². The first-order chi connectivity index (χ1) is 18.7. The number of nitrogens with zero attached hydrogens (tertiary/aromatic N) is 6. The summed E-state index contributed by atoms with van der Waals surface area (Å²) in [5.41, 5.74) is 4.07. The number of ether oxygens (including phenoxy) is 1. The minimum atomic E-state index is -3.98. The number of hydrogen-bond donors (Lipinski definition) is 1. The van der Waals surface area contributed by atoms with E-state index in [1.165, 1.54) is 17.1 Å². The fourth-order valence-electron chi connectivity index (χ4n) is 4.59. The van der Waals surface area contributed by atoms with E-state index in [9.17, 15) is 13.2 Å². The summed E-state index contributed by atoms with van der Waals surface area (Å²) in [6, 6.07) is 13.1. The molecule has 1 atom stereocenters. The van der Waals surface area contributed by atoms with Crippen LogP contribution in [0.5, 0.6) is 5.88 Å². The Morgan fingerprint density at radius 2 is 1.92 bits per heavy atom. The quantitative estimate of drug-likeness (QED) is 0.356. The average Bonchev–Trinajstić information content (AvgIpc) is 3.54. The number of sulfonamides is 1. The van der Waals surface area contributed by atoms with Gasteiger partial charge in [0, 0.05) is 49.7 Å². The summed E-state index contributed by atoms with van der Waals surface area (Å²) < 4.78 is 36.0. The molecule has 12 heteroatoms. The van der Waals surface area contributed by atoms with Crippen molar-refractivity contribution in [3.05, 3.63) is 77.9 Å². The molecule has 202 valence electrons. The number of amides is 1. The van der Waals surface area contributed by atoms with E-state index >= 15 is 0 Å². The van der Waals surface area contributed by atoms with Crippen LogP contribution >= 0.6 is 0 Å². The molecule has 3 aromatic heterocycles. The molecule has 1 aliphatic rings. The first-order valence-corrected chi connectivity index (χ1v) is 14.0. The summed E-state index contributed by atoms with van der Waals surface area (Å²) in [5.74, 6) is 0.0780. The van der Waals surface area contributed by atoms with Gasteiger partial charge in [-0.25, -0.2) is 18.1 Å². The fourth-order valence-corrected chi connectivity index (χ4v) is 5.51. The monoisotopic (exact) mass is 547 g/mol. The zero-order valence-corrected chi connectivity index (χ0v) is 22.7. The molecule has 1 fully saturated rings. The largest absolute Gasteiger partial charge is 0.472 e. The molecule has 1 saturated heterocycles. The van der Waals surface area contributed by atoms with E-state index in [2.05, 4.69) is 24.8 Å². The molecule has 1 aromatic carbocycles. The Morgan fingerprint density at radius 3 is 2.62 bits per heavy atom. The van der Waals surface area contributed by atoms with E-state index in [0.717, 1.165) is 16.7 Å². The minimum Gasteiger partial charge on any atom is -0.472 e. The maximum Gasteiger partial charge on any atom is 0.267 e. The van der Waals surface area contributed by atoms with Gasteiger partial charge >= 0.3 is 0 Å². The minimum absolute atomic E-state index is 0.00797. The van der Waals surface area contributed by atoms with Crippen molar-refractivity contribution in [2.24, 2.45) is 7.05 Å². The first-order valence-electron chi connectivity index (χ1n) is 12.5. The Labute approximate surface area is 226 Å². The van der Waals surface area contributed by atoms with Crippen LogP contribution in [0, 0.1) is 13.8 Å². The molecule has 39 heavy (non-hydrogen) atoms. The summed E-state index contributed by atoms with van der Waals surface area (Å²) in [7, 11) is -2.34. The van der Waals surface area contributed by atoms with Crippen molar-refractivity contribution >= 4 is 21.9 Å². The van der Waals surface area contributed by atoms with Crippen molar-refractivity contribution in [3.63, 3.8) is 0 Å². The van der Waals surface area contributed by atoms with Gasteiger partial charge in [-0.1, -0.05) is 24.3 Å². The van der Waals surface area contributed by atoms with E-state index in [4.69, 9.17) is 4.74 Å². The summed E-state index contributed by atoms with van der Waals surface area (Å²) in [5, 5.41) is 3.94. The number of likely N-dealkylation sites (tertiary alicyclic amines) is 1. The van der Waals surface area contributed by atoms with Crippen molar-refractivity contribution in [2.75, 3.05) is 17.8 Å². The standard InChI is InChI=1S/C27H29N7O4S/c1-18-7-6-8-19(2)26(18)23-14-24(31-27(30-23)32-39(36,37)22-15-29-33(3)17-22)38-21-10-12-34(16-21)25(35)13-20-9-4-5-11-28-20/h4-9,11,14-15,17,21H,10,12-13,16H2,1-3H3,(H,30,31,32). The van der Waals surface area contributed by atoms with Crippen LogP contribution in [0.4, 0.5) is 5.95 Å². The van der Waals surface area contributed by atoms with Gasteiger partial charge < -0.3 is 9.64 Å². The third-order valence-electron chi connectivity index (χ3n) is 6.50. The number of anilines is 1. The molecule has 1 N–H and O–H groups in total. The normalized spacial score (nSPS) is 15.4. The molecule has 4 heterocycles. The molecule has 0 bridgehead atoms. The second-order valence-corrected chi connectivity index (χ2v) is 11.2. The van der Waals surface area contributed by atoms with Gasteiger partial charge in [0.05, 0.1) is 24.9 Å². The second kappa shape index (κ2) is 10.8. The van der Waals surface area contributed by atoms with Crippen LogP contribution in [0.1, 0.15) is 23.2 Å². The molecule has 4 aromatic rings. The molecule has 0 spiro atoms. The first kappa shape index (κ1) is 26.3. The number of carbonyl (C=O) groups is 1. The maximum absolute atomic E-state index is 13.0. The van der Waals surface area contributed by atoms with Gasteiger partial charge in [-0.2, -0.15) is 10.1 Å². The Bertz CT molecular complexity index is 1590. The second-order valence-electron chi connectivity index (χ2n) is 9.50. The number of carbonyl (C=O) groups excluding carboxylic acids is 1. The summed E-state index contributed by atoms with van der Waals surface area (Å²) in [6.07, 6.45) is 4.85. The number of aromatic nitrogens is 5. The average molecular weight is 548 g/mol. The highest BCUT2D eigenvalue weighted by Crippen LogP contribution is 2.30. The van der Waals surface area contributed by atoms with Crippen LogP contribution in [0.2, 0.25) is 0 Å². The lowest BCUT2D eigenvalue weighted by atomic mass is 10.00. The molecule has 1 unspecified atom stereocenters. The summed E-state index contributed by atoms with van der Waals surface area (Å²) in [6.45, 7) is 4.87. The van der Waals surface area contributed by atoms with Gasteiger partial charge in [0.1, 0.15) is 11.0 Å². The van der Waals surface area contributed by atoms with E-state index < -0.39 is 10.0 Å². The highest BCUT2D eigenvalue weighted by molar-refractivity contribution is 7.92. The van der Waals surface area contributed by atoms with Gasteiger partial charge in [0.2, 0.25) is 17.7 Å².